The van der Waals surface area contributed by atoms with Crippen LogP contribution in [-0.2, 0) is 11.3 Å². The monoisotopic (exact) mass is 373 g/mol. The van der Waals surface area contributed by atoms with Crippen LogP contribution in [0.15, 0.2) is 53.0 Å². The van der Waals surface area contributed by atoms with Crippen LogP contribution in [0.4, 0.5) is 0 Å². The van der Waals surface area contributed by atoms with Gasteiger partial charge in [-0.25, -0.2) is 4.68 Å². The molecule has 3 rings (SSSR count). The van der Waals surface area contributed by atoms with E-state index in [-0.39, 0.29) is 6.54 Å². The Morgan fingerprint density at radius 3 is 2.74 bits per heavy atom. The summed E-state index contributed by atoms with van der Waals surface area (Å²) < 4.78 is 2.25. The molecule has 2 N–H and O–H groups in total. The minimum absolute atomic E-state index is 0.0424. The van der Waals surface area contributed by atoms with Crippen LogP contribution < -0.4 is 10.9 Å². The second kappa shape index (κ2) is 6.57. The minimum atomic E-state index is -0.400. The fourth-order valence-corrected chi connectivity index (χ4v) is 2.44. The molecule has 7 nitrogen and oxygen atoms in total. The minimum Gasteiger partial charge on any atom is -0.271 e. The van der Waals surface area contributed by atoms with Gasteiger partial charge in [0.25, 0.3) is 11.8 Å². The Kier molecular flexibility index (Phi) is 4.33. The predicted octanol–water partition coefficient (Wildman–Crippen LogP) is 1.65. The highest BCUT2D eigenvalue weighted by atomic mass is 79.9. The van der Waals surface area contributed by atoms with E-state index in [4.69, 9.17) is 0 Å². The number of hydrogen-bond donors (Lipinski definition) is 2. The number of para-hydroxylation sites is 1. The number of benzene rings is 2. The van der Waals surface area contributed by atoms with Crippen LogP contribution in [0.2, 0.25) is 0 Å². The summed E-state index contributed by atoms with van der Waals surface area (Å²) in [6.07, 6.45) is 0. The molecular formula is C15H12BrN5O2. The van der Waals surface area contributed by atoms with Crippen LogP contribution in [0, 0.1) is 0 Å². The van der Waals surface area contributed by atoms with Gasteiger partial charge < -0.3 is 0 Å². The van der Waals surface area contributed by atoms with E-state index in [1.54, 1.807) is 18.2 Å². The van der Waals surface area contributed by atoms with Crippen molar-refractivity contribution in [1.82, 2.24) is 25.8 Å². The smallest absolute Gasteiger partial charge is 0.269 e. The molecule has 0 aliphatic heterocycles. The highest BCUT2D eigenvalue weighted by Gasteiger charge is 2.10. The molecule has 0 atom stereocenters. The molecule has 0 fully saturated rings. The number of carbonyl (C=O) groups excluding carboxylic acids is 2. The molecule has 116 valence electrons. The number of aromatic nitrogens is 3. The maximum absolute atomic E-state index is 11.9. The molecule has 3 aromatic rings. The van der Waals surface area contributed by atoms with Crippen molar-refractivity contribution in [1.29, 1.82) is 0 Å². The molecule has 23 heavy (non-hydrogen) atoms. The van der Waals surface area contributed by atoms with E-state index in [9.17, 15) is 9.59 Å². The molecule has 2 amide bonds. The van der Waals surface area contributed by atoms with Crippen molar-refractivity contribution in [3.05, 3.63) is 58.6 Å². The lowest BCUT2D eigenvalue weighted by Gasteiger charge is -2.08. The van der Waals surface area contributed by atoms with Crippen molar-refractivity contribution in [3.63, 3.8) is 0 Å². The standard InChI is InChI=1S/C15H12BrN5O2/c16-11-5-3-4-10(8-11)15(23)19-18-14(22)9-21-13-7-2-1-6-12(13)17-20-21/h1-8H,9H2,(H,18,22)(H,19,23). The zero-order chi connectivity index (χ0) is 16.2. The Morgan fingerprint density at radius 1 is 1.09 bits per heavy atom. The average Bonchev–Trinajstić information content (AvgIpc) is 2.96. The fraction of sp³-hybridized carbons (Fsp3) is 0.0667. The van der Waals surface area contributed by atoms with Gasteiger partial charge in [0.05, 0.1) is 5.52 Å². The summed E-state index contributed by atoms with van der Waals surface area (Å²) in [5.74, 6) is -0.799. The van der Waals surface area contributed by atoms with Crippen LogP contribution in [0.1, 0.15) is 10.4 Å². The lowest BCUT2D eigenvalue weighted by molar-refractivity contribution is -0.122. The van der Waals surface area contributed by atoms with E-state index in [1.807, 2.05) is 30.3 Å². The van der Waals surface area contributed by atoms with Gasteiger partial charge >= 0.3 is 0 Å². The van der Waals surface area contributed by atoms with Gasteiger partial charge in [-0.05, 0) is 30.3 Å². The van der Waals surface area contributed by atoms with Crippen molar-refractivity contribution in [2.75, 3.05) is 0 Å². The molecule has 0 unspecified atom stereocenters. The summed E-state index contributed by atoms with van der Waals surface area (Å²) >= 11 is 3.29. The molecule has 2 aromatic carbocycles. The Bertz CT molecular complexity index is 877. The topological polar surface area (TPSA) is 88.9 Å². The van der Waals surface area contributed by atoms with E-state index in [0.29, 0.717) is 11.1 Å². The third-order valence-electron chi connectivity index (χ3n) is 3.12. The predicted molar refractivity (Wildman–Crippen MR) is 87.3 cm³/mol. The van der Waals surface area contributed by atoms with Gasteiger partial charge in [0.2, 0.25) is 0 Å². The quantitative estimate of drug-likeness (QED) is 0.683. The van der Waals surface area contributed by atoms with E-state index < -0.39 is 11.8 Å². The Morgan fingerprint density at radius 2 is 1.91 bits per heavy atom. The molecule has 0 aliphatic rings. The van der Waals surface area contributed by atoms with Crippen LogP contribution in [-0.4, -0.2) is 26.8 Å². The summed E-state index contributed by atoms with van der Waals surface area (Å²) in [7, 11) is 0. The van der Waals surface area contributed by atoms with Gasteiger partial charge in [-0.3, -0.25) is 20.4 Å². The molecule has 8 heteroatoms. The average molecular weight is 374 g/mol. The van der Waals surface area contributed by atoms with Crippen LogP contribution in [0.5, 0.6) is 0 Å². The van der Waals surface area contributed by atoms with Gasteiger partial charge in [0.15, 0.2) is 0 Å². The molecule has 0 radical (unpaired) electrons. The van der Waals surface area contributed by atoms with Crippen molar-refractivity contribution >= 4 is 38.8 Å². The first kappa shape index (κ1) is 15.2. The number of hydrazine groups is 1. The van der Waals surface area contributed by atoms with Crippen molar-refractivity contribution in [2.24, 2.45) is 0 Å². The largest absolute Gasteiger partial charge is 0.271 e. The molecule has 1 aromatic heterocycles. The summed E-state index contributed by atoms with van der Waals surface area (Å²) in [5, 5.41) is 7.88. The van der Waals surface area contributed by atoms with Gasteiger partial charge in [0.1, 0.15) is 12.1 Å². The molecule has 0 saturated carbocycles. The molecule has 0 aliphatic carbocycles. The highest BCUT2D eigenvalue weighted by molar-refractivity contribution is 9.10. The van der Waals surface area contributed by atoms with Crippen molar-refractivity contribution in [3.8, 4) is 0 Å². The number of hydrogen-bond acceptors (Lipinski definition) is 4. The number of carbonyl (C=O) groups is 2. The van der Waals surface area contributed by atoms with E-state index >= 15 is 0 Å². The summed E-state index contributed by atoms with van der Waals surface area (Å²) in [5.41, 5.74) is 6.62. The molecule has 0 bridgehead atoms. The highest BCUT2D eigenvalue weighted by Crippen LogP contribution is 2.11. The fourth-order valence-electron chi connectivity index (χ4n) is 2.04. The van der Waals surface area contributed by atoms with Gasteiger partial charge in [-0.1, -0.05) is 39.3 Å². The lowest BCUT2D eigenvalue weighted by atomic mass is 10.2. The van der Waals surface area contributed by atoms with Crippen LogP contribution >= 0.6 is 15.9 Å². The second-order valence-corrected chi connectivity index (χ2v) is 5.66. The Hall–Kier alpha value is -2.74. The van der Waals surface area contributed by atoms with Gasteiger partial charge in [0, 0.05) is 10.0 Å². The maximum Gasteiger partial charge on any atom is 0.269 e. The third kappa shape index (κ3) is 3.54. The van der Waals surface area contributed by atoms with Crippen molar-refractivity contribution in [2.45, 2.75) is 6.54 Å². The number of nitrogens with zero attached hydrogens (tertiary/aromatic N) is 3. The first-order valence-corrected chi connectivity index (χ1v) is 7.56. The summed E-state index contributed by atoms with van der Waals surface area (Å²) in [4.78, 5) is 23.9. The zero-order valence-electron chi connectivity index (χ0n) is 11.9. The van der Waals surface area contributed by atoms with Gasteiger partial charge in [-0.15, -0.1) is 5.10 Å². The summed E-state index contributed by atoms with van der Waals surface area (Å²) in [6.45, 7) is -0.0424. The maximum atomic E-state index is 11.9. The van der Waals surface area contributed by atoms with Crippen LogP contribution in [0.25, 0.3) is 11.0 Å². The van der Waals surface area contributed by atoms with E-state index in [0.717, 1.165) is 9.99 Å². The van der Waals surface area contributed by atoms with Crippen molar-refractivity contribution < 1.29 is 9.59 Å². The number of amides is 2. The van der Waals surface area contributed by atoms with E-state index in [1.165, 1.54) is 4.68 Å². The number of rotatable bonds is 3. The number of fused-ring (bicyclic) bond motifs is 1. The van der Waals surface area contributed by atoms with E-state index in [2.05, 4.69) is 37.1 Å². The molecule has 0 spiro atoms. The third-order valence-corrected chi connectivity index (χ3v) is 3.61. The summed E-state index contributed by atoms with van der Waals surface area (Å²) in [6, 6.07) is 14.2. The zero-order valence-corrected chi connectivity index (χ0v) is 13.4. The SMILES string of the molecule is O=C(Cn1nnc2ccccc21)NNC(=O)c1cccc(Br)c1. The Labute approximate surface area is 139 Å². The number of halogens is 1. The normalized spacial score (nSPS) is 10.5. The number of nitrogens with one attached hydrogen (secondary N) is 2. The lowest BCUT2D eigenvalue weighted by Crippen LogP contribution is -2.43. The first-order valence-electron chi connectivity index (χ1n) is 6.76. The molecule has 0 saturated heterocycles. The first-order chi connectivity index (χ1) is 11.1. The molecule has 1 heterocycles. The van der Waals surface area contributed by atoms with Gasteiger partial charge in [-0.2, -0.15) is 0 Å². The second-order valence-electron chi connectivity index (χ2n) is 4.75. The molecular weight excluding hydrogens is 362 g/mol. The Balaban J connectivity index is 1.60. The van der Waals surface area contributed by atoms with Crippen LogP contribution in [0.3, 0.4) is 0 Å².